The Hall–Kier alpha value is -3.21. The lowest BCUT2D eigenvalue weighted by atomic mass is 10.0. The lowest BCUT2D eigenvalue weighted by Gasteiger charge is -2.26. The van der Waals surface area contributed by atoms with Crippen LogP contribution in [-0.4, -0.2) is 47.7 Å². The van der Waals surface area contributed by atoms with E-state index < -0.39 is 41.2 Å². The summed E-state index contributed by atoms with van der Waals surface area (Å²) in [4.78, 5) is 34.3. The first-order chi connectivity index (χ1) is 14.1. The number of hydrogen-bond acceptors (Lipinski definition) is 6. The predicted octanol–water partition coefficient (Wildman–Crippen LogP) is 1.94. The number of halogens is 3. The van der Waals surface area contributed by atoms with E-state index in [4.69, 9.17) is 9.47 Å². The van der Waals surface area contributed by atoms with E-state index in [-0.39, 0.29) is 18.8 Å². The van der Waals surface area contributed by atoms with Gasteiger partial charge < -0.3 is 19.7 Å². The van der Waals surface area contributed by atoms with Gasteiger partial charge in [0.05, 0.1) is 18.0 Å². The number of para-hydroxylation sites is 2. The van der Waals surface area contributed by atoms with Gasteiger partial charge in [0.2, 0.25) is 11.4 Å². The molecule has 158 valence electrons. The molecule has 1 aromatic carbocycles. The molecule has 3 heterocycles. The first-order valence-electron chi connectivity index (χ1n) is 8.99. The zero-order chi connectivity index (χ0) is 21.7. The number of nitrogens with zero attached hydrogens (tertiary/aromatic N) is 3. The number of alkyl halides is 3. The number of fused-ring (bicyclic) bond motifs is 2. The summed E-state index contributed by atoms with van der Waals surface area (Å²) >= 11 is 0. The summed E-state index contributed by atoms with van der Waals surface area (Å²) < 4.78 is 50.8. The number of rotatable bonds is 2. The number of nitrogens with one attached hydrogen (secondary N) is 1. The van der Waals surface area contributed by atoms with Crippen LogP contribution >= 0.6 is 0 Å². The molecule has 2 aliphatic heterocycles. The highest BCUT2D eigenvalue weighted by molar-refractivity contribution is 6.02. The van der Waals surface area contributed by atoms with E-state index in [1.54, 1.807) is 24.3 Å². The molecular formula is C19H17F3N4O4. The summed E-state index contributed by atoms with van der Waals surface area (Å²) in [6, 6.07) is 5.79. The van der Waals surface area contributed by atoms with E-state index in [0.29, 0.717) is 11.4 Å². The molecule has 0 radical (unpaired) electrons. The smallest absolute Gasteiger partial charge is 0.422 e. The van der Waals surface area contributed by atoms with Gasteiger partial charge in [-0.3, -0.25) is 9.59 Å². The molecule has 0 unspecified atom stereocenters. The van der Waals surface area contributed by atoms with E-state index in [1.165, 1.54) is 11.9 Å². The Morgan fingerprint density at radius 1 is 1.33 bits per heavy atom. The van der Waals surface area contributed by atoms with E-state index in [0.717, 1.165) is 13.1 Å². The maximum Gasteiger partial charge on any atom is 0.422 e. The maximum atomic E-state index is 13.4. The van der Waals surface area contributed by atoms with Gasteiger partial charge in [-0.2, -0.15) is 13.2 Å². The summed E-state index contributed by atoms with van der Waals surface area (Å²) in [5.74, 6) is -1.36. The normalized spacial score (nSPS) is 23.3. The van der Waals surface area contributed by atoms with Crippen LogP contribution in [0.15, 0.2) is 30.5 Å². The lowest BCUT2D eigenvalue weighted by molar-refractivity contribution is -0.273. The molecule has 0 fully saturated rings. The highest BCUT2D eigenvalue weighted by atomic mass is 19.4. The standard InChI is InChI=1S/C19H17F3N4O4/c1-18(19(20,21)22)14-10(8-30-18)7-23-15(25-14)16(27)24-11-9-29-13-6-4-3-5-12(13)26(2)17(11)28/h3-7,11H,8-9H2,1-2H3,(H,24,27)/t11-,18+/m0/s1. The molecule has 0 saturated heterocycles. The highest BCUT2D eigenvalue weighted by Gasteiger charge is 2.58. The van der Waals surface area contributed by atoms with Crippen LogP contribution in [0.5, 0.6) is 5.75 Å². The van der Waals surface area contributed by atoms with Gasteiger partial charge in [0.1, 0.15) is 18.4 Å². The van der Waals surface area contributed by atoms with Crippen molar-refractivity contribution >= 4 is 17.5 Å². The molecule has 2 aliphatic rings. The van der Waals surface area contributed by atoms with Crippen LogP contribution < -0.4 is 15.0 Å². The fourth-order valence-corrected chi connectivity index (χ4v) is 3.32. The number of likely N-dealkylation sites (N-methyl/N-ethyl adjacent to an activating group) is 1. The van der Waals surface area contributed by atoms with Crippen molar-refractivity contribution in [2.45, 2.75) is 31.3 Å². The van der Waals surface area contributed by atoms with Crippen molar-refractivity contribution in [3.8, 4) is 5.75 Å². The second-order valence-electron chi connectivity index (χ2n) is 7.09. The van der Waals surface area contributed by atoms with Crippen molar-refractivity contribution in [2.75, 3.05) is 18.6 Å². The molecule has 11 heteroatoms. The molecule has 8 nitrogen and oxygen atoms in total. The van der Waals surface area contributed by atoms with E-state index in [1.807, 2.05) is 0 Å². The molecular weight excluding hydrogens is 405 g/mol. The second-order valence-corrected chi connectivity index (χ2v) is 7.09. The topological polar surface area (TPSA) is 93.7 Å². The Labute approximate surface area is 169 Å². The largest absolute Gasteiger partial charge is 0.489 e. The van der Waals surface area contributed by atoms with Gasteiger partial charge in [0.25, 0.3) is 11.8 Å². The molecule has 30 heavy (non-hydrogen) atoms. The Morgan fingerprint density at radius 2 is 2.07 bits per heavy atom. The van der Waals surface area contributed by atoms with Gasteiger partial charge in [-0.05, 0) is 19.1 Å². The predicted molar refractivity (Wildman–Crippen MR) is 96.8 cm³/mol. The van der Waals surface area contributed by atoms with Crippen molar-refractivity contribution in [1.82, 2.24) is 15.3 Å². The molecule has 0 saturated carbocycles. The second kappa shape index (κ2) is 6.94. The fourth-order valence-electron chi connectivity index (χ4n) is 3.32. The van der Waals surface area contributed by atoms with Crippen LogP contribution in [0.1, 0.15) is 28.8 Å². The van der Waals surface area contributed by atoms with Crippen molar-refractivity contribution in [3.05, 3.63) is 47.5 Å². The first kappa shape index (κ1) is 20.1. The number of anilines is 1. The quantitative estimate of drug-likeness (QED) is 0.795. The highest BCUT2D eigenvalue weighted by Crippen LogP contribution is 2.46. The van der Waals surface area contributed by atoms with Gasteiger partial charge in [-0.1, -0.05) is 12.1 Å². The van der Waals surface area contributed by atoms with E-state index >= 15 is 0 Å². The van der Waals surface area contributed by atoms with Crippen LogP contribution in [0.3, 0.4) is 0 Å². The molecule has 1 aromatic heterocycles. The molecule has 2 amide bonds. The number of ether oxygens (including phenoxy) is 2. The van der Waals surface area contributed by atoms with E-state index in [2.05, 4.69) is 15.3 Å². The zero-order valence-corrected chi connectivity index (χ0v) is 16.0. The minimum atomic E-state index is -4.72. The van der Waals surface area contributed by atoms with Gasteiger partial charge in [-0.25, -0.2) is 9.97 Å². The zero-order valence-electron chi connectivity index (χ0n) is 16.0. The van der Waals surface area contributed by atoms with Gasteiger partial charge in [0, 0.05) is 18.8 Å². The van der Waals surface area contributed by atoms with Crippen LogP contribution in [0, 0.1) is 0 Å². The van der Waals surface area contributed by atoms with Crippen LogP contribution in [0.2, 0.25) is 0 Å². The Bertz CT molecular complexity index is 1030. The van der Waals surface area contributed by atoms with Crippen molar-refractivity contribution in [2.24, 2.45) is 0 Å². The minimum Gasteiger partial charge on any atom is -0.489 e. The summed E-state index contributed by atoms with van der Waals surface area (Å²) in [5.41, 5.74) is -2.37. The van der Waals surface area contributed by atoms with Gasteiger partial charge in [0.15, 0.2) is 0 Å². The first-order valence-corrected chi connectivity index (χ1v) is 8.99. The summed E-state index contributed by atoms with van der Waals surface area (Å²) in [5, 5.41) is 2.45. The molecule has 0 bridgehead atoms. The third-order valence-corrected chi connectivity index (χ3v) is 5.14. The van der Waals surface area contributed by atoms with Gasteiger partial charge >= 0.3 is 6.18 Å². The van der Waals surface area contributed by atoms with Crippen LogP contribution in [0.25, 0.3) is 0 Å². The molecule has 0 spiro atoms. The third kappa shape index (κ3) is 3.15. The Morgan fingerprint density at radius 3 is 2.80 bits per heavy atom. The fraction of sp³-hybridized carbons (Fsp3) is 0.368. The SMILES string of the molecule is CN1C(=O)[C@@H](NC(=O)c2ncc3c(n2)[C@](C)(C(F)(F)F)OC3)COc2ccccc21. The van der Waals surface area contributed by atoms with Crippen molar-refractivity contribution in [1.29, 1.82) is 0 Å². The number of benzene rings is 1. The Kier molecular flexibility index (Phi) is 4.64. The van der Waals surface area contributed by atoms with E-state index in [9.17, 15) is 22.8 Å². The number of carbonyl (C=O) groups is 2. The number of aromatic nitrogens is 2. The van der Waals surface area contributed by atoms with Crippen LogP contribution in [0.4, 0.5) is 18.9 Å². The minimum absolute atomic E-state index is 0.149. The third-order valence-electron chi connectivity index (χ3n) is 5.14. The van der Waals surface area contributed by atoms with Crippen molar-refractivity contribution < 1.29 is 32.2 Å². The number of carbonyl (C=O) groups excluding carboxylic acids is 2. The summed E-state index contributed by atoms with van der Waals surface area (Å²) in [6.07, 6.45) is -3.60. The Balaban J connectivity index is 1.57. The van der Waals surface area contributed by atoms with Gasteiger partial charge in [-0.15, -0.1) is 0 Å². The molecule has 2 atom stereocenters. The number of amides is 2. The summed E-state index contributed by atoms with van der Waals surface area (Å²) in [6.45, 7) is 0.383. The molecule has 4 rings (SSSR count). The average Bonchev–Trinajstić information content (AvgIpc) is 3.02. The monoisotopic (exact) mass is 422 g/mol. The van der Waals surface area contributed by atoms with Crippen molar-refractivity contribution in [3.63, 3.8) is 0 Å². The van der Waals surface area contributed by atoms with Crippen LogP contribution in [-0.2, 0) is 21.7 Å². The lowest BCUT2D eigenvalue weighted by Crippen LogP contribution is -2.49. The summed E-state index contributed by atoms with van der Waals surface area (Å²) in [7, 11) is 1.53. The molecule has 0 aliphatic carbocycles. The number of hydrogen-bond donors (Lipinski definition) is 1. The molecule has 1 N–H and O–H groups in total. The maximum absolute atomic E-state index is 13.4. The average molecular weight is 422 g/mol. The molecule has 2 aromatic rings.